The van der Waals surface area contributed by atoms with Crippen molar-refractivity contribution in [3.05, 3.63) is 58.2 Å². The number of hydrogen-bond donors (Lipinski definition) is 2. The second kappa shape index (κ2) is 5.98. The van der Waals surface area contributed by atoms with Crippen molar-refractivity contribution in [1.82, 2.24) is 4.98 Å². The smallest absolute Gasteiger partial charge is 0.126 e. The zero-order valence-corrected chi connectivity index (χ0v) is 11.7. The minimum absolute atomic E-state index is 0.443. The maximum absolute atomic E-state index is 10.1. The molecule has 94 valence electrons. The van der Waals surface area contributed by atoms with Crippen LogP contribution in [0.2, 0.25) is 0 Å². The SMILES string of the molecule is Cc1cccc(C(O)CNc2ccc(Br)cn2)c1. The van der Waals surface area contributed by atoms with Crippen LogP contribution in [0.15, 0.2) is 47.1 Å². The predicted octanol–water partition coefficient (Wildman–Crippen LogP) is 3.30. The van der Waals surface area contributed by atoms with Crippen LogP contribution in [0.4, 0.5) is 5.82 Å². The fourth-order valence-corrected chi connectivity index (χ4v) is 1.91. The Morgan fingerprint density at radius 1 is 1.33 bits per heavy atom. The Morgan fingerprint density at radius 3 is 2.83 bits per heavy atom. The van der Waals surface area contributed by atoms with E-state index in [0.29, 0.717) is 6.54 Å². The molecule has 0 saturated heterocycles. The Hall–Kier alpha value is -1.39. The van der Waals surface area contributed by atoms with Crippen molar-refractivity contribution in [2.75, 3.05) is 11.9 Å². The number of nitrogens with one attached hydrogen (secondary N) is 1. The molecule has 2 N–H and O–H groups in total. The lowest BCUT2D eigenvalue weighted by Crippen LogP contribution is -2.12. The van der Waals surface area contributed by atoms with E-state index in [4.69, 9.17) is 0 Å². The first-order valence-corrected chi connectivity index (χ1v) is 6.54. The monoisotopic (exact) mass is 306 g/mol. The summed E-state index contributed by atoms with van der Waals surface area (Å²) in [5.41, 5.74) is 2.06. The van der Waals surface area contributed by atoms with Gasteiger partial charge in [-0.25, -0.2) is 4.98 Å². The highest BCUT2D eigenvalue weighted by Gasteiger charge is 2.07. The lowest BCUT2D eigenvalue weighted by Gasteiger charge is -2.13. The third-order valence-electron chi connectivity index (χ3n) is 2.63. The van der Waals surface area contributed by atoms with Crippen LogP contribution in [0.25, 0.3) is 0 Å². The number of benzene rings is 1. The second-order valence-electron chi connectivity index (χ2n) is 4.17. The first-order chi connectivity index (χ1) is 8.65. The van der Waals surface area contributed by atoms with Crippen LogP contribution in [0, 0.1) is 6.92 Å². The van der Waals surface area contributed by atoms with E-state index in [0.717, 1.165) is 21.4 Å². The van der Waals surface area contributed by atoms with Gasteiger partial charge >= 0.3 is 0 Å². The van der Waals surface area contributed by atoms with Crippen LogP contribution in [-0.4, -0.2) is 16.6 Å². The number of anilines is 1. The first-order valence-electron chi connectivity index (χ1n) is 5.75. The molecule has 4 heteroatoms. The number of aliphatic hydroxyl groups excluding tert-OH is 1. The van der Waals surface area contributed by atoms with Gasteiger partial charge in [0.25, 0.3) is 0 Å². The number of rotatable bonds is 4. The zero-order valence-electron chi connectivity index (χ0n) is 10.1. The van der Waals surface area contributed by atoms with E-state index in [1.807, 2.05) is 43.3 Å². The summed E-state index contributed by atoms with van der Waals surface area (Å²) < 4.78 is 0.937. The lowest BCUT2D eigenvalue weighted by atomic mass is 10.1. The summed E-state index contributed by atoms with van der Waals surface area (Å²) in [6, 6.07) is 11.7. The first kappa shape index (κ1) is 13.1. The Morgan fingerprint density at radius 2 is 2.17 bits per heavy atom. The van der Waals surface area contributed by atoms with E-state index in [-0.39, 0.29) is 0 Å². The van der Waals surface area contributed by atoms with Crippen molar-refractivity contribution in [1.29, 1.82) is 0 Å². The normalized spacial score (nSPS) is 12.2. The number of nitrogens with zero attached hydrogens (tertiary/aromatic N) is 1. The van der Waals surface area contributed by atoms with Crippen LogP contribution < -0.4 is 5.32 Å². The molecular weight excluding hydrogens is 292 g/mol. The lowest BCUT2D eigenvalue weighted by molar-refractivity contribution is 0.191. The molecule has 2 aromatic rings. The van der Waals surface area contributed by atoms with Crippen LogP contribution in [0.1, 0.15) is 17.2 Å². The van der Waals surface area contributed by atoms with Gasteiger partial charge in [0.2, 0.25) is 0 Å². The summed E-state index contributed by atoms with van der Waals surface area (Å²) in [7, 11) is 0. The van der Waals surface area contributed by atoms with Gasteiger partial charge in [-0.2, -0.15) is 0 Å². The molecule has 0 radical (unpaired) electrons. The largest absolute Gasteiger partial charge is 0.387 e. The molecule has 1 aromatic heterocycles. The number of pyridine rings is 1. The molecule has 0 bridgehead atoms. The van der Waals surface area contributed by atoms with Crippen molar-refractivity contribution >= 4 is 21.7 Å². The van der Waals surface area contributed by atoms with E-state index in [9.17, 15) is 5.11 Å². The van der Waals surface area contributed by atoms with Gasteiger partial charge in [0.15, 0.2) is 0 Å². The van der Waals surface area contributed by atoms with Crippen LogP contribution >= 0.6 is 15.9 Å². The molecule has 0 fully saturated rings. The molecule has 0 saturated carbocycles. The highest BCUT2D eigenvalue weighted by molar-refractivity contribution is 9.10. The van der Waals surface area contributed by atoms with E-state index >= 15 is 0 Å². The maximum atomic E-state index is 10.1. The number of aliphatic hydroxyl groups is 1. The minimum Gasteiger partial charge on any atom is -0.387 e. The quantitative estimate of drug-likeness (QED) is 0.911. The average molecular weight is 307 g/mol. The van der Waals surface area contributed by atoms with Crippen molar-refractivity contribution in [3.8, 4) is 0 Å². The van der Waals surface area contributed by atoms with Crippen molar-refractivity contribution in [2.45, 2.75) is 13.0 Å². The van der Waals surface area contributed by atoms with E-state index in [1.54, 1.807) is 6.20 Å². The highest BCUT2D eigenvalue weighted by atomic mass is 79.9. The fraction of sp³-hybridized carbons (Fsp3) is 0.214. The number of aryl methyl sites for hydroxylation is 1. The molecule has 2 rings (SSSR count). The van der Waals surface area contributed by atoms with Gasteiger partial charge in [-0.05, 0) is 40.5 Å². The summed E-state index contributed by atoms with van der Waals surface area (Å²) >= 11 is 3.33. The molecule has 0 aliphatic carbocycles. The van der Waals surface area contributed by atoms with Gasteiger partial charge in [-0.15, -0.1) is 0 Å². The Labute approximate surface area is 115 Å². The van der Waals surface area contributed by atoms with Gasteiger partial charge in [0, 0.05) is 17.2 Å². The van der Waals surface area contributed by atoms with E-state index < -0.39 is 6.10 Å². The summed E-state index contributed by atoms with van der Waals surface area (Å²) in [4.78, 5) is 4.19. The van der Waals surface area contributed by atoms with Gasteiger partial charge < -0.3 is 10.4 Å². The van der Waals surface area contributed by atoms with Gasteiger partial charge in [-0.3, -0.25) is 0 Å². The predicted molar refractivity (Wildman–Crippen MR) is 76.6 cm³/mol. The summed E-state index contributed by atoms with van der Waals surface area (Å²) in [6.07, 6.45) is 1.19. The summed E-state index contributed by atoms with van der Waals surface area (Å²) in [5, 5.41) is 13.2. The Kier molecular flexibility index (Phi) is 4.33. The molecule has 0 spiro atoms. The number of aromatic nitrogens is 1. The second-order valence-corrected chi connectivity index (χ2v) is 5.09. The molecule has 3 nitrogen and oxygen atoms in total. The summed E-state index contributed by atoms with van der Waals surface area (Å²) in [6.45, 7) is 2.46. The zero-order chi connectivity index (χ0) is 13.0. The van der Waals surface area contributed by atoms with Gasteiger partial charge in [0.05, 0.1) is 6.10 Å². The molecular formula is C14H15BrN2O. The summed E-state index contributed by atoms with van der Waals surface area (Å²) in [5.74, 6) is 0.755. The molecule has 0 aliphatic rings. The van der Waals surface area contributed by atoms with Crippen molar-refractivity contribution in [2.24, 2.45) is 0 Å². The van der Waals surface area contributed by atoms with Crippen molar-refractivity contribution in [3.63, 3.8) is 0 Å². The van der Waals surface area contributed by atoms with Gasteiger partial charge in [-0.1, -0.05) is 29.8 Å². The topological polar surface area (TPSA) is 45.1 Å². The molecule has 1 atom stereocenters. The molecule has 1 aromatic carbocycles. The molecule has 0 aliphatic heterocycles. The minimum atomic E-state index is -0.532. The third kappa shape index (κ3) is 3.55. The maximum Gasteiger partial charge on any atom is 0.126 e. The Balaban J connectivity index is 1.96. The van der Waals surface area contributed by atoms with E-state index in [1.165, 1.54) is 0 Å². The van der Waals surface area contributed by atoms with Gasteiger partial charge in [0.1, 0.15) is 5.82 Å². The van der Waals surface area contributed by atoms with Crippen LogP contribution in [0.3, 0.4) is 0 Å². The van der Waals surface area contributed by atoms with Crippen LogP contribution in [-0.2, 0) is 0 Å². The number of halogens is 1. The fourth-order valence-electron chi connectivity index (χ4n) is 1.68. The molecule has 1 unspecified atom stereocenters. The number of hydrogen-bond acceptors (Lipinski definition) is 3. The molecule has 1 heterocycles. The van der Waals surface area contributed by atoms with Crippen molar-refractivity contribution < 1.29 is 5.11 Å². The molecule has 0 amide bonds. The van der Waals surface area contributed by atoms with E-state index in [2.05, 4.69) is 26.2 Å². The van der Waals surface area contributed by atoms with Crippen LogP contribution in [0.5, 0.6) is 0 Å². The third-order valence-corrected chi connectivity index (χ3v) is 3.10. The highest BCUT2D eigenvalue weighted by Crippen LogP contribution is 2.16. The Bertz CT molecular complexity index is 513. The average Bonchev–Trinajstić information content (AvgIpc) is 2.38. The molecule has 18 heavy (non-hydrogen) atoms. The standard InChI is InChI=1S/C14H15BrN2O/c1-10-3-2-4-11(7-10)13(18)9-17-14-6-5-12(15)8-16-14/h2-8,13,18H,9H2,1H3,(H,16,17).